The minimum atomic E-state index is -0.285. The van der Waals surface area contributed by atoms with Crippen molar-refractivity contribution < 1.29 is 4.39 Å². The lowest BCUT2D eigenvalue weighted by Gasteiger charge is -2.12. The van der Waals surface area contributed by atoms with Crippen LogP contribution in [0.15, 0.2) is 53.9 Å². The second-order valence-electron chi connectivity index (χ2n) is 7.28. The number of hydrogen-bond donors (Lipinski definition) is 0. The summed E-state index contributed by atoms with van der Waals surface area (Å²) in [6, 6.07) is 10.8. The normalized spacial score (nSPS) is 11.6. The van der Waals surface area contributed by atoms with Gasteiger partial charge in [0.2, 0.25) is 0 Å². The van der Waals surface area contributed by atoms with Crippen molar-refractivity contribution in [1.82, 2.24) is 24.1 Å². The van der Waals surface area contributed by atoms with Gasteiger partial charge in [-0.1, -0.05) is 43.8 Å². The molecule has 0 bridgehead atoms. The molecule has 1 aromatic carbocycles. The fraction of sp³-hybridized carbons (Fsp3) is 0.286. The Morgan fingerprint density at radius 3 is 2.68 bits per heavy atom. The van der Waals surface area contributed by atoms with Crippen molar-refractivity contribution in [2.24, 2.45) is 5.92 Å². The number of halogens is 1. The van der Waals surface area contributed by atoms with Crippen LogP contribution in [-0.2, 0) is 12.3 Å². The lowest BCUT2D eigenvalue weighted by atomic mass is 10.2. The van der Waals surface area contributed by atoms with E-state index >= 15 is 0 Å². The zero-order valence-electron chi connectivity index (χ0n) is 16.1. The van der Waals surface area contributed by atoms with Crippen LogP contribution in [0.4, 0.5) is 4.39 Å². The molecule has 0 saturated carbocycles. The first kappa shape index (κ1) is 18.7. The van der Waals surface area contributed by atoms with Gasteiger partial charge in [0.15, 0.2) is 11.0 Å². The molecule has 3 heterocycles. The lowest BCUT2D eigenvalue weighted by molar-refractivity contribution is 0.496. The lowest BCUT2D eigenvalue weighted by Crippen LogP contribution is -2.08. The van der Waals surface area contributed by atoms with Crippen molar-refractivity contribution in [3.05, 3.63) is 65.9 Å². The van der Waals surface area contributed by atoms with Gasteiger partial charge < -0.3 is 8.97 Å². The largest absolute Gasteiger partial charge is 0.307 e. The van der Waals surface area contributed by atoms with Crippen molar-refractivity contribution in [3.63, 3.8) is 0 Å². The summed E-state index contributed by atoms with van der Waals surface area (Å²) < 4.78 is 18.3. The first-order valence-corrected chi connectivity index (χ1v) is 10.2. The number of hydrogen-bond acceptors (Lipinski definition) is 4. The molecule has 0 radical (unpaired) electrons. The molecule has 3 aromatic heterocycles. The van der Waals surface area contributed by atoms with E-state index < -0.39 is 0 Å². The number of thioether (sulfide) groups is 1. The molecule has 0 aliphatic heterocycles. The van der Waals surface area contributed by atoms with E-state index in [1.54, 1.807) is 23.9 Å². The van der Waals surface area contributed by atoms with E-state index in [0.29, 0.717) is 23.1 Å². The average molecular weight is 396 g/mol. The Hall–Kier alpha value is -2.67. The highest BCUT2D eigenvalue weighted by Gasteiger charge is 2.18. The summed E-state index contributed by atoms with van der Waals surface area (Å²) in [4.78, 5) is 4.66. The van der Waals surface area contributed by atoms with Crippen molar-refractivity contribution in [2.45, 2.75) is 38.2 Å². The van der Waals surface area contributed by atoms with Crippen LogP contribution in [0.2, 0.25) is 0 Å². The summed E-state index contributed by atoms with van der Waals surface area (Å²) >= 11 is 1.57. The molecular weight excluding hydrogens is 373 g/mol. The van der Waals surface area contributed by atoms with Crippen LogP contribution in [0.3, 0.4) is 0 Å². The third kappa shape index (κ3) is 3.80. The van der Waals surface area contributed by atoms with E-state index in [1.165, 1.54) is 11.6 Å². The Balaban J connectivity index is 1.62. The molecule has 144 valence electrons. The van der Waals surface area contributed by atoms with Crippen LogP contribution < -0.4 is 0 Å². The van der Waals surface area contributed by atoms with E-state index in [2.05, 4.69) is 48.2 Å². The molecular formula is C21H22FN5S. The molecule has 7 heteroatoms. The predicted octanol–water partition coefficient (Wildman–Crippen LogP) is 4.99. The molecule has 0 spiro atoms. The first-order chi connectivity index (χ1) is 13.5. The molecule has 0 aliphatic carbocycles. The number of fused-ring (bicyclic) bond motifs is 1. The number of pyridine rings is 1. The Labute approximate surface area is 167 Å². The molecule has 0 amide bonds. The summed E-state index contributed by atoms with van der Waals surface area (Å²) in [5.74, 6) is 1.35. The van der Waals surface area contributed by atoms with E-state index in [4.69, 9.17) is 0 Å². The summed E-state index contributed by atoms with van der Waals surface area (Å²) in [6.45, 7) is 7.05. The Morgan fingerprint density at radius 2 is 1.89 bits per heavy atom. The minimum Gasteiger partial charge on any atom is -0.307 e. The van der Waals surface area contributed by atoms with Gasteiger partial charge in [0.25, 0.3) is 0 Å². The fourth-order valence-corrected chi connectivity index (χ4v) is 3.96. The minimum absolute atomic E-state index is 0.285. The highest BCUT2D eigenvalue weighted by Crippen LogP contribution is 2.28. The molecule has 0 aliphatic rings. The maximum atomic E-state index is 14.3. The molecule has 5 nitrogen and oxygen atoms in total. The number of aryl methyl sites for hydroxylation is 1. The van der Waals surface area contributed by atoms with Gasteiger partial charge in [0, 0.05) is 24.7 Å². The van der Waals surface area contributed by atoms with Gasteiger partial charge in [-0.3, -0.25) is 0 Å². The maximum absolute atomic E-state index is 14.3. The van der Waals surface area contributed by atoms with Gasteiger partial charge in [0.1, 0.15) is 11.5 Å². The third-order valence-corrected chi connectivity index (χ3v) is 5.38. The summed E-state index contributed by atoms with van der Waals surface area (Å²) in [6.07, 6.45) is 4.10. The van der Waals surface area contributed by atoms with Gasteiger partial charge in [0.05, 0.1) is 11.3 Å². The van der Waals surface area contributed by atoms with Crippen LogP contribution in [0.1, 0.15) is 25.1 Å². The van der Waals surface area contributed by atoms with Crippen molar-refractivity contribution in [1.29, 1.82) is 0 Å². The van der Waals surface area contributed by atoms with Gasteiger partial charge in [-0.15, -0.1) is 10.2 Å². The number of rotatable bonds is 6. The van der Waals surface area contributed by atoms with E-state index in [9.17, 15) is 4.39 Å². The van der Waals surface area contributed by atoms with Gasteiger partial charge in [-0.2, -0.15) is 0 Å². The fourth-order valence-electron chi connectivity index (χ4n) is 3.13. The van der Waals surface area contributed by atoms with Crippen LogP contribution in [0.25, 0.3) is 17.0 Å². The number of imidazole rings is 1. The molecule has 4 rings (SSSR count). The molecule has 0 saturated heterocycles. The topological polar surface area (TPSA) is 48.0 Å². The van der Waals surface area contributed by atoms with Gasteiger partial charge >= 0.3 is 0 Å². The predicted molar refractivity (Wildman–Crippen MR) is 110 cm³/mol. The molecule has 28 heavy (non-hydrogen) atoms. The van der Waals surface area contributed by atoms with Crippen molar-refractivity contribution in [2.75, 3.05) is 0 Å². The standard InChI is InChI=1S/C21H22FN5S/c1-14(2)10-27-20(17-6-4-5-7-18(17)22)24-25-21(27)28-13-16-12-26-11-15(3)8-9-19(26)23-16/h4-9,11-12,14H,10,13H2,1-3H3. The van der Waals surface area contributed by atoms with E-state index in [1.807, 2.05) is 27.3 Å². The zero-order valence-corrected chi connectivity index (χ0v) is 16.9. The number of nitrogens with zero attached hydrogens (tertiary/aromatic N) is 5. The third-order valence-electron chi connectivity index (χ3n) is 4.38. The first-order valence-electron chi connectivity index (χ1n) is 9.26. The van der Waals surface area contributed by atoms with E-state index in [-0.39, 0.29) is 5.82 Å². The summed E-state index contributed by atoms with van der Waals surface area (Å²) in [5, 5.41) is 9.42. The van der Waals surface area contributed by atoms with Crippen LogP contribution >= 0.6 is 11.8 Å². The second-order valence-corrected chi connectivity index (χ2v) is 8.23. The quantitative estimate of drug-likeness (QED) is 0.432. The average Bonchev–Trinajstić information content (AvgIpc) is 3.23. The van der Waals surface area contributed by atoms with Crippen LogP contribution in [-0.4, -0.2) is 24.1 Å². The van der Waals surface area contributed by atoms with Crippen molar-refractivity contribution in [3.8, 4) is 11.4 Å². The monoisotopic (exact) mass is 395 g/mol. The molecule has 0 fully saturated rings. The Morgan fingerprint density at radius 1 is 1.07 bits per heavy atom. The Bertz CT molecular complexity index is 1120. The smallest absolute Gasteiger partial charge is 0.191 e. The van der Waals surface area contributed by atoms with E-state index in [0.717, 1.165) is 23.0 Å². The molecule has 0 N–H and O–H groups in total. The van der Waals surface area contributed by atoms with Gasteiger partial charge in [-0.25, -0.2) is 9.37 Å². The van der Waals surface area contributed by atoms with Crippen LogP contribution in [0.5, 0.6) is 0 Å². The van der Waals surface area contributed by atoms with Crippen molar-refractivity contribution >= 4 is 17.4 Å². The summed E-state index contributed by atoms with van der Waals surface area (Å²) in [5.41, 5.74) is 3.57. The van der Waals surface area contributed by atoms with Crippen LogP contribution in [0, 0.1) is 18.7 Å². The number of aromatic nitrogens is 5. The second kappa shape index (κ2) is 7.75. The summed E-state index contributed by atoms with van der Waals surface area (Å²) in [7, 11) is 0. The number of benzene rings is 1. The molecule has 0 atom stereocenters. The SMILES string of the molecule is Cc1ccc2nc(CSc3nnc(-c4ccccc4F)n3CC(C)C)cn2c1. The zero-order chi connectivity index (χ0) is 19.7. The molecule has 0 unspecified atom stereocenters. The Kier molecular flexibility index (Phi) is 5.17. The molecule has 4 aromatic rings. The highest BCUT2D eigenvalue weighted by atomic mass is 32.2. The maximum Gasteiger partial charge on any atom is 0.191 e. The van der Waals surface area contributed by atoms with Gasteiger partial charge in [-0.05, 0) is 36.6 Å². The highest BCUT2D eigenvalue weighted by molar-refractivity contribution is 7.98.